The summed E-state index contributed by atoms with van der Waals surface area (Å²) in [6.07, 6.45) is 0.255. The molecule has 232 valence electrons. The highest BCUT2D eigenvalue weighted by Gasteiger charge is 2.63. The highest BCUT2D eigenvalue weighted by Crippen LogP contribution is 2.53. The lowest BCUT2D eigenvalue weighted by Crippen LogP contribution is -2.63. The van der Waals surface area contributed by atoms with E-state index in [1.54, 1.807) is 20.2 Å². The van der Waals surface area contributed by atoms with Crippen LogP contribution in [0.3, 0.4) is 0 Å². The Morgan fingerprint density at radius 1 is 0.956 bits per heavy atom. The summed E-state index contributed by atoms with van der Waals surface area (Å²) in [5, 5.41) is 48.5. The van der Waals surface area contributed by atoms with E-state index in [1.165, 1.54) is 16.5 Å². The number of fused-ring (bicyclic) bond motifs is 3. The molecule has 1 amide bonds. The summed E-state index contributed by atoms with van der Waals surface area (Å²) in [5.41, 5.74) is 6.13. The third-order valence-corrected chi connectivity index (χ3v) is 9.37. The summed E-state index contributed by atoms with van der Waals surface area (Å²) in [4.78, 5) is 41.2. The predicted octanol–water partition coefficient (Wildman–Crippen LogP) is 3.08. The topological polar surface area (TPSA) is 173 Å². The number of primary amides is 1. The number of benzene rings is 3. The van der Waals surface area contributed by atoms with Crippen LogP contribution in [0, 0.1) is 11.8 Å². The van der Waals surface area contributed by atoms with E-state index < -0.39 is 58.0 Å². The summed E-state index contributed by atoms with van der Waals surface area (Å²) in [6.45, 7) is 1.39. The van der Waals surface area contributed by atoms with Crippen molar-refractivity contribution in [2.45, 2.75) is 37.6 Å². The molecular weight excluding hydrogens is 574 g/mol. The van der Waals surface area contributed by atoms with E-state index in [9.17, 15) is 34.8 Å². The summed E-state index contributed by atoms with van der Waals surface area (Å²) in [5.74, 6) is -6.69. The van der Waals surface area contributed by atoms with Crippen molar-refractivity contribution in [3.8, 4) is 16.9 Å². The molecule has 7 N–H and O–H groups in total. The van der Waals surface area contributed by atoms with Crippen LogP contribution >= 0.6 is 0 Å². The molecule has 10 nitrogen and oxygen atoms in total. The maximum atomic E-state index is 14.0. The van der Waals surface area contributed by atoms with Crippen molar-refractivity contribution < 1.29 is 34.8 Å². The highest BCUT2D eigenvalue weighted by molar-refractivity contribution is 6.24. The van der Waals surface area contributed by atoms with Gasteiger partial charge in [0, 0.05) is 24.6 Å². The van der Waals surface area contributed by atoms with Gasteiger partial charge in [-0.1, -0.05) is 60.7 Å². The van der Waals surface area contributed by atoms with E-state index in [0.29, 0.717) is 12.1 Å². The molecule has 0 aliphatic heterocycles. The molecule has 3 aliphatic carbocycles. The second-order valence-electron chi connectivity index (χ2n) is 12.2. The van der Waals surface area contributed by atoms with Crippen molar-refractivity contribution in [2.24, 2.45) is 17.6 Å². The van der Waals surface area contributed by atoms with E-state index in [0.717, 1.165) is 23.2 Å². The number of hydrogen-bond acceptors (Lipinski definition) is 9. The Hall–Kier alpha value is -4.77. The van der Waals surface area contributed by atoms with Gasteiger partial charge in [0.2, 0.25) is 5.78 Å². The fraction of sp³-hybridized carbons (Fsp3) is 0.286. The lowest BCUT2D eigenvalue weighted by molar-refractivity contribution is -0.148. The average molecular weight is 610 g/mol. The first-order valence-electron chi connectivity index (χ1n) is 14.8. The van der Waals surface area contributed by atoms with Crippen molar-refractivity contribution in [3.63, 3.8) is 0 Å². The summed E-state index contributed by atoms with van der Waals surface area (Å²) < 4.78 is 0. The molecule has 0 heterocycles. The first kappa shape index (κ1) is 30.3. The average Bonchev–Trinajstić information content (AvgIpc) is 3.00. The number of carbonyl (C=O) groups is 3. The Kier molecular flexibility index (Phi) is 7.60. The lowest BCUT2D eigenvalue weighted by atomic mass is 9.58. The van der Waals surface area contributed by atoms with Crippen LogP contribution in [0.1, 0.15) is 33.5 Å². The molecule has 0 spiro atoms. The smallest absolute Gasteiger partial charge is 0.255 e. The lowest BCUT2D eigenvalue weighted by Gasteiger charge is -2.50. The van der Waals surface area contributed by atoms with Crippen LogP contribution in [0.4, 0.5) is 0 Å². The Morgan fingerprint density at radius 3 is 2.22 bits per heavy atom. The number of aromatic hydroxyl groups is 1. The number of nitrogens with two attached hydrogens (primary N) is 1. The molecule has 45 heavy (non-hydrogen) atoms. The second-order valence-corrected chi connectivity index (χ2v) is 12.2. The van der Waals surface area contributed by atoms with Gasteiger partial charge >= 0.3 is 0 Å². The third kappa shape index (κ3) is 4.82. The minimum absolute atomic E-state index is 0.0121. The van der Waals surface area contributed by atoms with E-state index in [4.69, 9.17) is 5.73 Å². The molecule has 0 unspecified atom stereocenters. The van der Waals surface area contributed by atoms with Crippen LogP contribution in [-0.4, -0.2) is 68.5 Å². The monoisotopic (exact) mass is 609 g/mol. The molecule has 6 rings (SSSR count). The van der Waals surface area contributed by atoms with Crippen LogP contribution in [-0.2, 0) is 29.1 Å². The molecule has 4 atom stereocenters. The zero-order valence-electron chi connectivity index (χ0n) is 24.9. The molecule has 0 aromatic heterocycles. The first-order valence-corrected chi connectivity index (χ1v) is 14.8. The van der Waals surface area contributed by atoms with E-state index in [-0.39, 0.29) is 29.7 Å². The number of Topliss-reactive ketones (excluding diaryl/α,β-unsaturated/α-hetero) is 2. The molecule has 10 heteroatoms. The molecule has 3 aromatic carbocycles. The molecule has 0 saturated heterocycles. The van der Waals surface area contributed by atoms with Gasteiger partial charge in [0.15, 0.2) is 11.4 Å². The van der Waals surface area contributed by atoms with Gasteiger partial charge in [-0.2, -0.15) is 0 Å². The number of amides is 1. The third-order valence-electron chi connectivity index (χ3n) is 9.37. The number of likely N-dealkylation sites (N-methyl/N-ethyl adjacent to an activating group) is 1. The normalized spacial score (nSPS) is 24.4. The van der Waals surface area contributed by atoms with Gasteiger partial charge in [0.1, 0.15) is 22.8 Å². The number of carbonyl (C=O) groups excluding carboxylic acids is 3. The maximum absolute atomic E-state index is 14.0. The number of rotatable bonds is 7. The van der Waals surface area contributed by atoms with Crippen LogP contribution in [0.5, 0.6) is 5.75 Å². The largest absolute Gasteiger partial charge is 0.510 e. The number of nitrogens with one attached hydrogen (secondary N) is 1. The fourth-order valence-corrected chi connectivity index (χ4v) is 7.27. The zero-order valence-corrected chi connectivity index (χ0v) is 24.9. The number of hydrogen-bond donors (Lipinski definition) is 6. The quantitative estimate of drug-likeness (QED) is 0.220. The number of nitrogens with zero attached hydrogens (tertiary/aromatic N) is 1. The Morgan fingerprint density at radius 2 is 1.60 bits per heavy atom. The van der Waals surface area contributed by atoms with Gasteiger partial charge in [-0.25, -0.2) is 0 Å². The number of aliphatic hydroxyl groups excluding tert-OH is 2. The maximum Gasteiger partial charge on any atom is 0.255 e. The molecule has 3 aromatic rings. The number of allylic oxidation sites excluding steroid dienone is 1. The summed E-state index contributed by atoms with van der Waals surface area (Å²) in [7, 11) is 3.20. The van der Waals surface area contributed by atoms with E-state index >= 15 is 0 Å². The standard InChI is InChI=1S/C35H35N3O7/c1-38(2)29-24-15-21-14-23-22(20-10-8-19(9-11-20)17-37-16-18-6-4-3-5-7-18)12-13-25(39)27(23)30(40)26(21)32(42)35(24,45)33(43)28(31(29)41)34(36)44/h3-13,21,24,29,37,39,41-42,45H,14-17H2,1-2H3,(H2,36,44)/t21-,24+,29-,35-/m0/s1. The molecule has 0 fully saturated rings. The van der Waals surface area contributed by atoms with Gasteiger partial charge in [-0.15, -0.1) is 0 Å². The summed E-state index contributed by atoms with van der Waals surface area (Å²) >= 11 is 0. The fourth-order valence-electron chi connectivity index (χ4n) is 7.27. The Balaban J connectivity index is 1.36. The molecule has 0 bridgehead atoms. The zero-order chi connectivity index (χ0) is 32.2. The van der Waals surface area contributed by atoms with E-state index in [1.807, 2.05) is 42.5 Å². The Labute approximate surface area is 260 Å². The number of phenols is 1. The number of phenolic OH excluding ortho intramolecular Hbond substituents is 1. The van der Waals surface area contributed by atoms with Gasteiger partial charge in [0.25, 0.3) is 5.91 Å². The van der Waals surface area contributed by atoms with Crippen molar-refractivity contribution >= 4 is 17.5 Å². The minimum Gasteiger partial charge on any atom is -0.510 e. The molecule has 0 saturated carbocycles. The molecule has 3 aliphatic rings. The second kappa shape index (κ2) is 11.3. The van der Waals surface area contributed by atoms with Gasteiger partial charge < -0.3 is 31.5 Å². The Bertz CT molecular complexity index is 1780. The van der Waals surface area contributed by atoms with Crippen molar-refractivity contribution in [3.05, 3.63) is 112 Å². The molecular formula is C35H35N3O7. The van der Waals surface area contributed by atoms with Crippen LogP contribution in [0.25, 0.3) is 11.1 Å². The SMILES string of the molecule is CN(C)[C@@H]1C(O)=C(C(N)=O)C(=O)[C@@]2(O)C(O)=C3C(=O)c4c(O)ccc(-c5ccc(CNCc6ccccc6)cc5)c4C[C@H]3C[C@H]12. The van der Waals surface area contributed by atoms with Crippen LogP contribution in [0.15, 0.2) is 89.4 Å². The number of ketones is 2. The van der Waals surface area contributed by atoms with Crippen LogP contribution < -0.4 is 11.1 Å². The van der Waals surface area contributed by atoms with Crippen molar-refractivity contribution in [2.75, 3.05) is 14.1 Å². The minimum atomic E-state index is -2.66. The summed E-state index contributed by atoms with van der Waals surface area (Å²) in [6, 6.07) is 20.1. The molecule has 0 radical (unpaired) electrons. The predicted molar refractivity (Wildman–Crippen MR) is 166 cm³/mol. The highest BCUT2D eigenvalue weighted by atomic mass is 16.3. The first-order chi connectivity index (χ1) is 21.4. The van der Waals surface area contributed by atoms with Gasteiger partial charge in [-0.05, 0) is 66.7 Å². The van der Waals surface area contributed by atoms with Crippen LogP contribution in [0.2, 0.25) is 0 Å². The van der Waals surface area contributed by atoms with Gasteiger partial charge in [-0.3, -0.25) is 19.3 Å². The number of aliphatic hydroxyl groups is 3. The van der Waals surface area contributed by atoms with Crippen molar-refractivity contribution in [1.29, 1.82) is 0 Å². The van der Waals surface area contributed by atoms with Crippen molar-refractivity contribution in [1.82, 2.24) is 10.2 Å². The van der Waals surface area contributed by atoms with E-state index in [2.05, 4.69) is 17.4 Å². The van der Waals surface area contributed by atoms with Gasteiger partial charge in [0.05, 0.1) is 11.6 Å².